The maximum absolute atomic E-state index is 15.2. The molecule has 146 valence electrons. The molecule has 0 radical (unpaired) electrons. The molecule has 0 heterocycles. The van der Waals surface area contributed by atoms with Crippen molar-refractivity contribution in [1.29, 1.82) is 0 Å². The summed E-state index contributed by atoms with van der Waals surface area (Å²) in [5, 5.41) is 11.2. The van der Waals surface area contributed by atoms with Gasteiger partial charge < -0.3 is 5.11 Å². The Bertz CT molecular complexity index is 770. The zero-order valence-electron chi connectivity index (χ0n) is 16.0. The number of aliphatic hydroxyl groups excluding tert-OH is 1. The largest absolute Gasteiger partial charge is 0.393 e. The number of halogens is 1. The van der Waals surface area contributed by atoms with Crippen molar-refractivity contribution in [2.75, 3.05) is 0 Å². The maximum atomic E-state index is 15.2. The third kappa shape index (κ3) is 2.40. The van der Waals surface area contributed by atoms with E-state index >= 15 is 4.39 Å². The average molecular weight is 374 g/mol. The average Bonchev–Trinajstić information content (AvgIpc) is 2.85. The van der Waals surface area contributed by atoms with Gasteiger partial charge in [-0.1, -0.05) is 26.8 Å². The first-order chi connectivity index (χ1) is 12.6. The number of alkyl halides is 1. The van der Waals surface area contributed by atoms with Gasteiger partial charge >= 0.3 is 0 Å². The van der Waals surface area contributed by atoms with Gasteiger partial charge in [0, 0.05) is 17.3 Å². The summed E-state index contributed by atoms with van der Waals surface area (Å²) in [5.41, 5.74) is -0.707. The number of ketones is 2. The van der Waals surface area contributed by atoms with Gasteiger partial charge in [-0.15, -0.1) is 0 Å². The number of carbonyl (C=O) groups excluding carboxylic acids is 3. The van der Waals surface area contributed by atoms with Gasteiger partial charge in [-0.3, -0.25) is 14.4 Å². The molecule has 0 aromatic rings. The van der Waals surface area contributed by atoms with Crippen LogP contribution in [-0.2, 0) is 14.4 Å². The molecule has 0 aromatic carbocycles. The number of aliphatic hydroxyl groups is 1. The minimum Gasteiger partial charge on any atom is -0.393 e. The third-order valence-electron chi connectivity index (χ3n) is 8.24. The number of Topliss-reactive ketones (excluding diaryl/α,β-unsaturated/α-hetero) is 1. The van der Waals surface area contributed by atoms with Gasteiger partial charge in [-0.2, -0.15) is 0 Å². The van der Waals surface area contributed by atoms with Gasteiger partial charge in [-0.05, 0) is 60.2 Å². The second-order valence-electron chi connectivity index (χ2n) is 9.61. The van der Waals surface area contributed by atoms with E-state index in [1.165, 1.54) is 12.2 Å². The Morgan fingerprint density at radius 1 is 1.33 bits per heavy atom. The summed E-state index contributed by atoms with van der Waals surface area (Å²) in [6.45, 7) is 5.90. The van der Waals surface area contributed by atoms with Crippen molar-refractivity contribution in [3.8, 4) is 0 Å². The Morgan fingerprint density at radius 2 is 2.04 bits per heavy atom. The van der Waals surface area contributed by atoms with E-state index in [0.717, 1.165) is 6.42 Å². The summed E-state index contributed by atoms with van der Waals surface area (Å²) in [6, 6.07) is 0. The molecule has 27 heavy (non-hydrogen) atoms. The van der Waals surface area contributed by atoms with Gasteiger partial charge in [0.15, 0.2) is 17.9 Å². The van der Waals surface area contributed by atoms with E-state index < -0.39 is 34.8 Å². The second kappa shape index (κ2) is 5.94. The molecule has 0 saturated heterocycles. The highest BCUT2D eigenvalue weighted by molar-refractivity contribution is 6.26. The first-order valence-electron chi connectivity index (χ1n) is 9.90. The fourth-order valence-electron chi connectivity index (χ4n) is 7.38. The monoisotopic (exact) mass is 374 g/mol. The number of rotatable bonds is 2. The van der Waals surface area contributed by atoms with E-state index in [4.69, 9.17) is 0 Å². The minimum absolute atomic E-state index is 0.0370. The summed E-state index contributed by atoms with van der Waals surface area (Å²) in [7, 11) is 0. The molecule has 9 unspecified atom stereocenters. The Balaban J connectivity index is 1.78. The molecular formula is C22H27FO4. The Morgan fingerprint density at radius 3 is 2.70 bits per heavy atom. The van der Waals surface area contributed by atoms with Gasteiger partial charge in [-0.25, -0.2) is 4.39 Å². The van der Waals surface area contributed by atoms with Crippen LogP contribution < -0.4 is 0 Å². The molecule has 5 heteroatoms. The highest BCUT2D eigenvalue weighted by atomic mass is 19.1. The fourth-order valence-corrected chi connectivity index (χ4v) is 7.38. The molecule has 4 aliphatic rings. The smallest absolute Gasteiger partial charge is 0.199 e. The topological polar surface area (TPSA) is 71.4 Å². The van der Waals surface area contributed by atoms with E-state index in [2.05, 4.69) is 0 Å². The molecule has 4 aliphatic carbocycles. The van der Waals surface area contributed by atoms with Crippen LogP contribution in [0.25, 0.3) is 0 Å². The minimum atomic E-state index is -1.23. The standard InChI is InChI=1S/C22H27FO4/c1-11-6-14-13-8-16(23)15-7-12(25)4-5-21(15,2)20(13)17(26)9-22(14,3)19(11)18(27)10-24/h4-5,7,10-11,13-14,16-17,19-20,26H,6,8-9H2,1-3H3. The van der Waals surface area contributed by atoms with E-state index in [1.807, 2.05) is 20.8 Å². The lowest BCUT2D eigenvalue weighted by Crippen LogP contribution is -2.58. The van der Waals surface area contributed by atoms with Crippen molar-refractivity contribution < 1.29 is 23.9 Å². The SMILES string of the molecule is CC1CC2C3CC(F)C4=CC(=O)C=CC4(C)C3C(O)CC2(C)C1C(=O)C=O. The molecule has 9 atom stereocenters. The molecule has 0 aliphatic heterocycles. The molecular weight excluding hydrogens is 347 g/mol. The molecule has 3 saturated carbocycles. The van der Waals surface area contributed by atoms with Gasteiger partial charge in [0.05, 0.1) is 6.10 Å². The van der Waals surface area contributed by atoms with Crippen molar-refractivity contribution in [1.82, 2.24) is 0 Å². The predicted octanol–water partition coefficient (Wildman–Crippen LogP) is 2.84. The van der Waals surface area contributed by atoms with Crippen LogP contribution in [0.5, 0.6) is 0 Å². The van der Waals surface area contributed by atoms with Gasteiger partial charge in [0.1, 0.15) is 6.17 Å². The quantitative estimate of drug-likeness (QED) is 0.596. The first-order valence-corrected chi connectivity index (χ1v) is 9.90. The van der Waals surface area contributed by atoms with Crippen molar-refractivity contribution in [3.05, 3.63) is 23.8 Å². The van der Waals surface area contributed by atoms with Crippen molar-refractivity contribution in [2.45, 2.75) is 52.3 Å². The predicted molar refractivity (Wildman–Crippen MR) is 97.4 cm³/mol. The first kappa shape index (κ1) is 18.7. The van der Waals surface area contributed by atoms with Crippen LogP contribution in [0.15, 0.2) is 23.8 Å². The number of fused-ring (bicyclic) bond motifs is 5. The van der Waals surface area contributed by atoms with E-state index in [-0.39, 0.29) is 35.9 Å². The van der Waals surface area contributed by atoms with Crippen molar-refractivity contribution in [2.24, 2.45) is 40.4 Å². The van der Waals surface area contributed by atoms with E-state index in [0.29, 0.717) is 18.3 Å². The van der Waals surface area contributed by atoms with Crippen LogP contribution in [0.3, 0.4) is 0 Å². The lowest BCUT2D eigenvalue weighted by atomic mass is 9.46. The molecule has 3 fully saturated rings. The third-order valence-corrected chi connectivity index (χ3v) is 8.24. The van der Waals surface area contributed by atoms with Crippen molar-refractivity contribution >= 4 is 17.9 Å². The fraction of sp³-hybridized carbons (Fsp3) is 0.682. The molecule has 4 rings (SSSR count). The number of hydrogen-bond donors (Lipinski definition) is 1. The highest BCUT2D eigenvalue weighted by Crippen LogP contribution is 2.67. The highest BCUT2D eigenvalue weighted by Gasteiger charge is 2.65. The van der Waals surface area contributed by atoms with Crippen LogP contribution in [0, 0.1) is 40.4 Å². The summed E-state index contributed by atoms with van der Waals surface area (Å²) in [4.78, 5) is 35.4. The number of carbonyl (C=O) groups is 3. The summed E-state index contributed by atoms with van der Waals surface area (Å²) in [6.07, 6.45) is 4.58. The van der Waals surface area contributed by atoms with Crippen LogP contribution in [0.1, 0.15) is 40.0 Å². The number of hydrogen-bond acceptors (Lipinski definition) is 4. The van der Waals surface area contributed by atoms with Gasteiger partial charge in [0.25, 0.3) is 0 Å². The van der Waals surface area contributed by atoms with Crippen LogP contribution in [-0.4, -0.2) is 35.2 Å². The molecule has 1 N–H and O–H groups in total. The molecule has 0 bridgehead atoms. The Labute approximate surface area is 158 Å². The normalized spacial score (nSPS) is 51.1. The van der Waals surface area contributed by atoms with Crippen LogP contribution in [0.4, 0.5) is 4.39 Å². The summed E-state index contributed by atoms with van der Waals surface area (Å²) < 4.78 is 15.2. The summed E-state index contributed by atoms with van der Waals surface area (Å²) >= 11 is 0. The Hall–Kier alpha value is -1.62. The number of allylic oxidation sites excluding steroid dienone is 4. The lowest BCUT2D eigenvalue weighted by molar-refractivity contribution is -0.146. The molecule has 0 aromatic heterocycles. The number of aldehydes is 1. The van der Waals surface area contributed by atoms with E-state index in [9.17, 15) is 19.5 Å². The molecule has 4 nitrogen and oxygen atoms in total. The van der Waals surface area contributed by atoms with Gasteiger partial charge in [0.2, 0.25) is 0 Å². The lowest BCUT2D eigenvalue weighted by Gasteiger charge is -2.59. The van der Waals surface area contributed by atoms with Crippen molar-refractivity contribution in [3.63, 3.8) is 0 Å². The summed E-state index contributed by atoms with van der Waals surface area (Å²) in [5.74, 6) is -1.17. The Kier molecular flexibility index (Phi) is 4.12. The zero-order valence-corrected chi connectivity index (χ0v) is 16.0. The molecule has 0 amide bonds. The van der Waals surface area contributed by atoms with Crippen LogP contribution in [0.2, 0.25) is 0 Å². The van der Waals surface area contributed by atoms with Crippen LogP contribution >= 0.6 is 0 Å². The zero-order chi connectivity index (χ0) is 19.7. The molecule has 0 spiro atoms. The maximum Gasteiger partial charge on any atom is 0.199 e. The second-order valence-corrected chi connectivity index (χ2v) is 9.61. The van der Waals surface area contributed by atoms with E-state index in [1.54, 1.807) is 6.08 Å².